The van der Waals surface area contributed by atoms with E-state index in [2.05, 4.69) is 26.7 Å². The summed E-state index contributed by atoms with van der Waals surface area (Å²) in [6, 6.07) is 7.08. The largest absolute Gasteiger partial charge is 0.442 e. The van der Waals surface area contributed by atoms with Crippen molar-refractivity contribution in [3.8, 4) is 17.2 Å². The fourth-order valence-corrected chi connectivity index (χ4v) is 6.66. The van der Waals surface area contributed by atoms with Crippen LogP contribution in [0, 0.1) is 34.8 Å². The SMILES string of the molecule is N#CC1(c2ccc(-c3c(F)cc(N4C[C@H](Cn5ccnn5)OC4=O)cc3F)cn2)[C@@H]2CN(C(=O)[C@@H]3C[C@H](F)CN3)C[C@@H]21. The quantitative estimate of drug-likeness (QED) is 0.472. The van der Waals surface area contributed by atoms with Gasteiger partial charge in [-0.05, 0) is 18.2 Å². The van der Waals surface area contributed by atoms with Crippen molar-refractivity contribution in [1.29, 1.82) is 5.26 Å². The molecule has 3 aliphatic heterocycles. The van der Waals surface area contributed by atoms with Gasteiger partial charge >= 0.3 is 6.09 Å². The number of aromatic nitrogens is 4. The van der Waals surface area contributed by atoms with Crippen molar-refractivity contribution < 1.29 is 27.5 Å². The molecule has 4 aliphatic rings. The number of nitrogens with one attached hydrogen (secondary N) is 1. The van der Waals surface area contributed by atoms with E-state index in [0.717, 1.165) is 17.0 Å². The highest BCUT2D eigenvalue weighted by atomic mass is 19.1. The Morgan fingerprint density at radius 2 is 1.95 bits per heavy atom. The molecular weight excluding hydrogens is 553 g/mol. The van der Waals surface area contributed by atoms with Crippen LogP contribution in [0.15, 0.2) is 42.9 Å². The van der Waals surface area contributed by atoms with Gasteiger partial charge in [0.05, 0.1) is 48.3 Å². The molecule has 14 heteroatoms. The first-order valence-corrected chi connectivity index (χ1v) is 13.6. The van der Waals surface area contributed by atoms with Crippen LogP contribution in [0.3, 0.4) is 0 Å². The number of piperidine rings is 1. The third-order valence-corrected chi connectivity index (χ3v) is 8.80. The lowest BCUT2D eigenvalue weighted by Gasteiger charge is -2.25. The summed E-state index contributed by atoms with van der Waals surface area (Å²) in [5.74, 6) is -2.15. The Morgan fingerprint density at radius 3 is 2.55 bits per heavy atom. The van der Waals surface area contributed by atoms with E-state index in [9.17, 15) is 19.2 Å². The third kappa shape index (κ3) is 4.18. The van der Waals surface area contributed by atoms with Crippen LogP contribution in [0.1, 0.15) is 12.1 Å². The Kier molecular flexibility index (Phi) is 6.16. The second-order valence-electron chi connectivity index (χ2n) is 11.2. The predicted octanol–water partition coefficient (Wildman–Crippen LogP) is 2.19. The van der Waals surface area contributed by atoms with Crippen molar-refractivity contribution in [3.05, 3.63) is 60.2 Å². The minimum atomic E-state index is -1.04. The summed E-state index contributed by atoms with van der Waals surface area (Å²) in [6.07, 6.45) is 2.26. The lowest BCUT2D eigenvalue weighted by molar-refractivity contribution is -0.132. The first-order chi connectivity index (χ1) is 20.3. The molecule has 7 rings (SSSR count). The fraction of sp³-hybridized carbons (Fsp3) is 0.429. The zero-order chi connectivity index (χ0) is 29.2. The van der Waals surface area contributed by atoms with E-state index in [0.29, 0.717) is 18.8 Å². The van der Waals surface area contributed by atoms with E-state index in [1.807, 2.05) is 0 Å². The van der Waals surface area contributed by atoms with Gasteiger partial charge < -0.3 is 15.0 Å². The Bertz CT molecular complexity index is 1560. The van der Waals surface area contributed by atoms with Crippen molar-refractivity contribution in [2.24, 2.45) is 11.8 Å². The van der Waals surface area contributed by atoms with Crippen molar-refractivity contribution in [1.82, 2.24) is 30.2 Å². The lowest BCUT2D eigenvalue weighted by atomic mass is 9.95. The Labute approximate surface area is 237 Å². The van der Waals surface area contributed by atoms with Crippen molar-refractivity contribution >= 4 is 17.7 Å². The third-order valence-electron chi connectivity index (χ3n) is 8.80. The molecule has 11 nitrogen and oxygen atoms in total. The normalized spacial score (nSPS) is 29.9. The van der Waals surface area contributed by atoms with Crippen LogP contribution in [-0.2, 0) is 21.5 Å². The maximum Gasteiger partial charge on any atom is 0.414 e. The molecule has 3 aromatic rings. The fourth-order valence-electron chi connectivity index (χ4n) is 6.66. The number of fused-ring (bicyclic) bond motifs is 1. The average molecular weight is 579 g/mol. The highest BCUT2D eigenvalue weighted by molar-refractivity contribution is 5.90. The molecule has 5 heterocycles. The highest BCUT2D eigenvalue weighted by Crippen LogP contribution is 2.63. The Hall–Kier alpha value is -4.51. The molecule has 0 radical (unpaired) electrons. The number of rotatable bonds is 6. The van der Waals surface area contributed by atoms with Gasteiger partial charge in [-0.15, -0.1) is 5.10 Å². The number of ether oxygens (including phenoxy) is 1. The summed E-state index contributed by atoms with van der Waals surface area (Å²) in [5.41, 5.74) is -0.515. The van der Waals surface area contributed by atoms with Crippen LogP contribution in [0.4, 0.5) is 23.7 Å². The Morgan fingerprint density at radius 1 is 1.19 bits per heavy atom. The molecule has 216 valence electrons. The number of nitrogens with zero attached hydrogens (tertiary/aromatic N) is 7. The average Bonchev–Trinajstić information content (AvgIpc) is 3.62. The molecule has 4 fully saturated rings. The number of pyridine rings is 1. The zero-order valence-electron chi connectivity index (χ0n) is 22.2. The van der Waals surface area contributed by atoms with Crippen molar-refractivity contribution in [3.63, 3.8) is 0 Å². The van der Waals surface area contributed by atoms with Crippen LogP contribution >= 0.6 is 0 Å². The molecular formula is C28H25F3N8O3. The molecule has 0 bridgehead atoms. The maximum absolute atomic E-state index is 15.3. The summed E-state index contributed by atoms with van der Waals surface area (Å²) in [5, 5.41) is 20.5. The molecule has 6 atom stereocenters. The monoisotopic (exact) mass is 578 g/mol. The number of benzene rings is 1. The van der Waals surface area contributed by atoms with Gasteiger partial charge in [-0.1, -0.05) is 11.3 Å². The van der Waals surface area contributed by atoms with Gasteiger partial charge in [0.1, 0.15) is 29.3 Å². The van der Waals surface area contributed by atoms with E-state index in [1.165, 1.54) is 23.1 Å². The molecule has 0 spiro atoms. The van der Waals surface area contributed by atoms with Gasteiger partial charge in [0.2, 0.25) is 5.91 Å². The number of likely N-dealkylation sites (tertiary alicyclic amines) is 1. The van der Waals surface area contributed by atoms with Gasteiger partial charge in [0.15, 0.2) is 0 Å². The number of halogens is 3. The molecule has 42 heavy (non-hydrogen) atoms. The topological polar surface area (TPSA) is 129 Å². The van der Waals surface area contributed by atoms with E-state index < -0.39 is 41.5 Å². The second-order valence-corrected chi connectivity index (χ2v) is 11.2. The lowest BCUT2D eigenvalue weighted by Crippen LogP contribution is -2.44. The number of carbonyl (C=O) groups excluding carboxylic acids is 2. The van der Waals surface area contributed by atoms with Gasteiger partial charge in [-0.25, -0.2) is 22.6 Å². The first kappa shape index (κ1) is 26.4. The van der Waals surface area contributed by atoms with Gasteiger partial charge in [-0.2, -0.15) is 5.26 Å². The molecule has 3 saturated heterocycles. The van der Waals surface area contributed by atoms with Crippen LogP contribution in [0.5, 0.6) is 0 Å². The number of hydrogen-bond donors (Lipinski definition) is 1. The smallest absolute Gasteiger partial charge is 0.414 e. The minimum Gasteiger partial charge on any atom is -0.442 e. The summed E-state index contributed by atoms with van der Waals surface area (Å²) in [4.78, 5) is 32.4. The molecule has 2 amide bonds. The number of anilines is 1. The van der Waals surface area contributed by atoms with Crippen LogP contribution in [0.25, 0.3) is 11.1 Å². The summed E-state index contributed by atoms with van der Waals surface area (Å²) < 4.78 is 50.9. The minimum absolute atomic E-state index is 0.0209. The molecule has 1 aliphatic carbocycles. The predicted molar refractivity (Wildman–Crippen MR) is 139 cm³/mol. The van der Waals surface area contributed by atoms with E-state index >= 15 is 8.78 Å². The number of amides is 2. The highest BCUT2D eigenvalue weighted by Gasteiger charge is 2.71. The molecule has 1 N–H and O–H groups in total. The van der Waals surface area contributed by atoms with Gasteiger partial charge in [0, 0.05) is 55.8 Å². The number of alkyl halides is 1. The van der Waals surface area contributed by atoms with E-state index in [1.54, 1.807) is 17.2 Å². The molecule has 1 unspecified atom stereocenters. The van der Waals surface area contributed by atoms with Crippen LogP contribution in [-0.4, -0.2) is 81.4 Å². The first-order valence-electron chi connectivity index (χ1n) is 13.6. The molecule has 2 aromatic heterocycles. The molecule has 1 saturated carbocycles. The number of cyclic esters (lactones) is 1. The summed E-state index contributed by atoms with van der Waals surface area (Å²) in [6.45, 7) is 1.25. The van der Waals surface area contributed by atoms with Gasteiger partial charge in [-0.3, -0.25) is 14.7 Å². The standard InChI is InChI=1S/C28H25F3N8O3/c29-16-5-23(33-9-16)26(40)37-12-19-20(13-37)28(19,14-32)24-2-1-15(8-34-24)25-21(30)6-17(7-22(25)31)39-11-18(42-27(39)41)10-38-4-3-35-36-38/h1-4,6-8,16,18-20,23,33H,5,9-13H2/t16-,18-,19-,20+,23-,28?/m0/s1. The van der Waals surface area contributed by atoms with E-state index in [4.69, 9.17) is 4.74 Å². The van der Waals surface area contributed by atoms with Crippen LogP contribution < -0.4 is 10.2 Å². The van der Waals surface area contributed by atoms with Crippen LogP contribution in [0.2, 0.25) is 0 Å². The Balaban J connectivity index is 1.05. The number of hydrogen-bond acceptors (Lipinski definition) is 8. The summed E-state index contributed by atoms with van der Waals surface area (Å²) in [7, 11) is 0. The maximum atomic E-state index is 15.3. The van der Waals surface area contributed by atoms with E-state index in [-0.39, 0.29) is 60.6 Å². The summed E-state index contributed by atoms with van der Waals surface area (Å²) >= 11 is 0. The number of carbonyl (C=O) groups is 2. The van der Waals surface area contributed by atoms with Crippen molar-refractivity contribution in [2.45, 2.75) is 36.7 Å². The molecule has 1 aromatic carbocycles. The van der Waals surface area contributed by atoms with Crippen molar-refractivity contribution in [2.75, 3.05) is 31.1 Å². The van der Waals surface area contributed by atoms with Gasteiger partial charge in [0.25, 0.3) is 0 Å². The second kappa shape index (κ2) is 9.80. The number of nitriles is 1. The zero-order valence-corrected chi connectivity index (χ0v) is 22.2.